The van der Waals surface area contributed by atoms with E-state index in [0.717, 1.165) is 31.2 Å². The van der Waals surface area contributed by atoms with E-state index in [4.69, 9.17) is 4.74 Å². The first-order chi connectivity index (χ1) is 13.6. The quantitative estimate of drug-likeness (QED) is 0.630. The van der Waals surface area contributed by atoms with E-state index in [2.05, 4.69) is 5.32 Å². The number of benzene rings is 1. The molecule has 2 fully saturated rings. The van der Waals surface area contributed by atoms with Gasteiger partial charge in [0.1, 0.15) is 6.54 Å². The van der Waals surface area contributed by atoms with Crippen LogP contribution in [0.3, 0.4) is 0 Å². The highest BCUT2D eigenvalue weighted by Crippen LogP contribution is 2.23. The highest BCUT2D eigenvalue weighted by Gasteiger charge is 2.26. The van der Waals surface area contributed by atoms with Gasteiger partial charge < -0.3 is 19.5 Å². The van der Waals surface area contributed by atoms with Gasteiger partial charge in [0.2, 0.25) is 5.91 Å². The minimum absolute atomic E-state index is 0.0153. The maximum atomic E-state index is 12.8. The fraction of sp³-hybridized carbons (Fsp3) is 0.476. The molecule has 2 aromatic rings. The van der Waals surface area contributed by atoms with Gasteiger partial charge in [-0.25, -0.2) is 0 Å². The second-order valence-electron chi connectivity index (χ2n) is 7.46. The van der Waals surface area contributed by atoms with Crippen LogP contribution in [-0.4, -0.2) is 59.4 Å². The van der Waals surface area contributed by atoms with E-state index in [0.29, 0.717) is 37.3 Å². The number of para-hydroxylation sites is 1. The number of ether oxygens (including phenoxy) is 1. The van der Waals surface area contributed by atoms with Crippen molar-refractivity contribution >= 4 is 28.5 Å². The molecule has 2 amide bonds. The number of nitrogens with one attached hydrogen (secondary N) is 1. The summed E-state index contributed by atoms with van der Waals surface area (Å²) >= 11 is 0. The van der Waals surface area contributed by atoms with E-state index < -0.39 is 11.7 Å². The van der Waals surface area contributed by atoms with Crippen molar-refractivity contribution in [1.29, 1.82) is 0 Å². The van der Waals surface area contributed by atoms with Crippen LogP contribution >= 0.6 is 0 Å². The minimum Gasteiger partial charge on any atom is -0.378 e. The number of carbonyl (C=O) groups is 3. The van der Waals surface area contributed by atoms with Crippen molar-refractivity contribution in [1.82, 2.24) is 14.8 Å². The number of Topliss-reactive ketones (excluding diaryl/α,β-unsaturated/α-hetero) is 1. The highest BCUT2D eigenvalue weighted by molar-refractivity contribution is 6.45. The van der Waals surface area contributed by atoms with Crippen molar-refractivity contribution in [2.75, 3.05) is 26.3 Å². The Morgan fingerprint density at radius 1 is 1.07 bits per heavy atom. The molecular formula is C21H25N3O4. The van der Waals surface area contributed by atoms with Crippen LogP contribution in [0, 0.1) is 0 Å². The van der Waals surface area contributed by atoms with Gasteiger partial charge in [0.15, 0.2) is 0 Å². The largest absolute Gasteiger partial charge is 0.378 e. The molecule has 7 heteroatoms. The zero-order valence-electron chi connectivity index (χ0n) is 15.9. The first-order valence-electron chi connectivity index (χ1n) is 9.92. The molecule has 1 saturated heterocycles. The molecule has 0 radical (unpaired) electrons. The average Bonchev–Trinajstić information content (AvgIpc) is 3.36. The molecule has 0 bridgehead atoms. The van der Waals surface area contributed by atoms with E-state index in [1.807, 2.05) is 24.3 Å². The summed E-state index contributed by atoms with van der Waals surface area (Å²) in [4.78, 5) is 39.7. The lowest BCUT2D eigenvalue weighted by Crippen LogP contribution is -2.42. The monoisotopic (exact) mass is 383 g/mol. The topological polar surface area (TPSA) is 80.6 Å². The summed E-state index contributed by atoms with van der Waals surface area (Å²) in [6.45, 7) is 2.38. The zero-order chi connectivity index (χ0) is 19.5. The van der Waals surface area contributed by atoms with Crippen molar-refractivity contribution in [2.24, 2.45) is 0 Å². The van der Waals surface area contributed by atoms with Gasteiger partial charge in [0.25, 0.3) is 11.7 Å². The summed E-state index contributed by atoms with van der Waals surface area (Å²) in [7, 11) is 0. The molecule has 7 nitrogen and oxygen atoms in total. The number of fused-ring (bicyclic) bond motifs is 1. The lowest BCUT2D eigenvalue weighted by Gasteiger charge is -2.27. The third-order valence-corrected chi connectivity index (χ3v) is 5.60. The van der Waals surface area contributed by atoms with Crippen LogP contribution in [0.2, 0.25) is 0 Å². The summed E-state index contributed by atoms with van der Waals surface area (Å²) in [5, 5.41) is 3.55. The molecule has 1 saturated carbocycles. The van der Waals surface area contributed by atoms with E-state index in [1.54, 1.807) is 15.7 Å². The number of hydrogen-bond acceptors (Lipinski definition) is 4. The first kappa shape index (κ1) is 18.7. The SMILES string of the molecule is O=C(NC1CCCC1)C(=O)c1cn(CC(=O)N2CCOCC2)c2ccccc12. The van der Waals surface area contributed by atoms with E-state index >= 15 is 0 Å². The van der Waals surface area contributed by atoms with Crippen molar-refractivity contribution < 1.29 is 19.1 Å². The molecule has 4 rings (SSSR count). The molecule has 1 aliphatic carbocycles. The Labute approximate surface area is 163 Å². The third-order valence-electron chi connectivity index (χ3n) is 5.60. The summed E-state index contributed by atoms with van der Waals surface area (Å²) in [5.41, 5.74) is 1.13. The maximum absolute atomic E-state index is 12.8. The lowest BCUT2D eigenvalue weighted by molar-refractivity contribution is -0.135. The van der Waals surface area contributed by atoms with Gasteiger partial charge in [-0.2, -0.15) is 0 Å². The standard InChI is InChI=1S/C21H25N3O4/c25-19(23-9-11-28-12-10-23)14-24-13-17(16-7-3-4-8-18(16)24)20(26)21(27)22-15-5-1-2-6-15/h3-4,7-8,13,15H,1-2,5-6,9-12,14H2,(H,22,27). The number of aromatic nitrogens is 1. The number of ketones is 1. The number of nitrogens with zero attached hydrogens (tertiary/aromatic N) is 2. The Kier molecular flexibility index (Phi) is 5.43. The number of morpholine rings is 1. The molecule has 0 atom stereocenters. The Balaban J connectivity index is 1.56. The predicted molar refractivity (Wildman–Crippen MR) is 104 cm³/mol. The van der Waals surface area contributed by atoms with Crippen LogP contribution in [0.15, 0.2) is 30.5 Å². The molecule has 1 N–H and O–H groups in total. The van der Waals surface area contributed by atoms with Crippen LogP contribution in [-0.2, 0) is 20.9 Å². The number of carbonyl (C=O) groups excluding carboxylic acids is 3. The van der Waals surface area contributed by atoms with E-state index in [1.165, 1.54) is 0 Å². The molecule has 1 aliphatic heterocycles. The average molecular weight is 383 g/mol. The molecule has 0 unspecified atom stereocenters. The zero-order valence-corrected chi connectivity index (χ0v) is 15.9. The molecule has 148 valence electrons. The first-order valence-corrected chi connectivity index (χ1v) is 9.92. The van der Waals surface area contributed by atoms with Crippen molar-refractivity contribution in [3.8, 4) is 0 Å². The normalized spacial score (nSPS) is 17.8. The van der Waals surface area contributed by atoms with Crippen LogP contribution in [0.1, 0.15) is 36.0 Å². The van der Waals surface area contributed by atoms with Crippen LogP contribution in [0.5, 0.6) is 0 Å². The summed E-state index contributed by atoms with van der Waals surface area (Å²) in [6, 6.07) is 7.48. The minimum atomic E-state index is -0.561. The van der Waals surface area contributed by atoms with Crippen molar-refractivity contribution in [3.05, 3.63) is 36.0 Å². The molecule has 1 aromatic heterocycles. The predicted octanol–water partition coefficient (Wildman–Crippen LogP) is 1.74. The van der Waals surface area contributed by atoms with E-state index in [-0.39, 0.29) is 18.5 Å². The van der Waals surface area contributed by atoms with Crippen molar-refractivity contribution in [3.63, 3.8) is 0 Å². The van der Waals surface area contributed by atoms with Gasteiger partial charge >= 0.3 is 0 Å². The summed E-state index contributed by atoms with van der Waals surface area (Å²) < 4.78 is 7.06. The lowest BCUT2D eigenvalue weighted by atomic mass is 10.1. The molecule has 2 heterocycles. The molecule has 0 spiro atoms. The third kappa shape index (κ3) is 3.80. The highest BCUT2D eigenvalue weighted by atomic mass is 16.5. The number of rotatable bonds is 5. The second-order valence-corrected chi connectivity index (χ2v) is 7.46. The molecule has 1 aromatic carbocycles. The van der Waals surface area contributed by atoms with Gasteiger partial charge in [-0.15, -0.1) is 0 Å². The van der Waals surface area contributed by atoms with Crippen LogP contribution in [0.25, 0.3) is 10.9 Å². The fourth-order valence-electron chi connectivity index (χ4n) is 4.06. The van der Waals surface area contributed by atoms with Crippen LogP contribution in [0.4, 0.5) is 0 Å². The Hall–Kier alpha value is -2.67. The molecule has 2 aliphatic rings. The number of amides is 2. The smallest absolute Gasteiger partial charge is 0.292 e. The van der Waals surface area contributed by atoms with Crippen LogP contribution < -0.4 is 5.32 Å². The fourth-order valence-corrected chi connectivity index (χ4v) is 4.06. The van der Waals surface area contributed by atoms with Gasteiger partial charge in [-0.05, 0) is 18.9 Å². The second kappa shape index (κ2) is 8.14. The molecular weight excluding hydrogens is 358 g/mol. The van der Waals surface area contributed by atoms with Gasteiger partial charge in [-0.1, -0.05) is 31.0 Å². The maximum Gasteiger partial charge on any atom is 0.292 e. The summed E-state index contributed by atoms with van der Waals surface area (Å²) in [5.74, 6) is -1.12. The Morgan fingerprint density at radius 2 is 1.79 bits per heavy atom. The number of hydrogen-bond donors (Lipinski definition) is 1. The van der Waals surface area contributed by atoms with Gasteiger partial charge in [0, 0.05) is 36.2 Å². The van der Waals surface area contributed by atoms with E-state index in [9.17, 15) is 14.4 Å². The van der Waals surface area contributed by atoms with Gasteiger partial charge in [0.05, 0.1) is 18.8 Å². The van der Waals surface area contributed by atoms with Crippen molar-refractivity contribution in [2.45, 2.75) is 38.3 Å². The molecule has 28 heavy (non-hydrogen) atoms. The Morgan fingerprint density at radius 3 is 2.54 bits per heavy atom. The van der Waals surface area contributed by atoms with Gasteiger partial charge in [-0.3, -0.25) is 14.4 Å². The Bertz CT molecular complexity index is 892. The summed E-state index contributed by atoms with van der Waals surface area (Å²) in [6.07, 6.45) is 5.66.